The van der Waals surface area contributed by atoms with Crippen LogP contribution < -0.4 is 10.6 Å². The summed E-state index contributed by atoms with van der Waals surface area (Å²) in [6, 6.07) is 0.489. The van der Waals surface area contributed by atoms with Gasteiger partial charge in [-0.25, -0.2) is 0 Å². The molecule has 1 saturated heterocycles. The number of nitrogens with one attached hydrogen (secondary N) is 2. The average Bonchev–Trinajstić information content (AvgIpc) is 2.92. The van der Waals surface area contributed by atoms with Crippen LogP contribution in [0.4, 0.5) is 0 Å². The van der Waals surface area contributed by atoms with Crippen LogP contribution in [0, 0.1) is 5.92 Å². The highest BCUT2D eigenvalue weighted by atomic mass is 16.5. The van der Waals surface area contributed by atoms with Crippen molar-refractivity contribution in [1.29, 1.82) is 0 Å². The summed E-state index contributed by atoms with van der Waals surface area (Å²) in [6.45, 7) is 10.1. The van der Waals surface area contributed by atoms with Crippen molar-refractivity contribution in [1.82, 2.24) is 15.5 Å². The molecule has 2 N–H and O–H groups in total. The highest BCUT2D eigenvalue weighted by molar-refractivity contribution is 5.79. The van der Waals surface area contributed by atoms with E-state index < -0.39 is 0 Å². The molecule has 1 aliphatic rings. The van der Waals surface area contributed by atoms with Gasteiger partial charge < -0.3 is 20.3 Å². The molecule has 0 amide bonds. The fraction of sp³-hybridized carbons (Fsp3) is 0.938. The summed E-state index contributed by atoms with van der Waals surface area (Å²) in [5.74, 6) is 1.60. The first-order chi connectivity index (χ1) is 10.0. The predicted octanol–water partition coefficient (Wildman–Crippen LogP) is 1.70. The first kappa shape index (κ1) is 18.2. The van der Waals surface area contributed by atoms with E-state index in [1.165, 1.54) is 12.8 Å². The molecule has 0 bridgehead atoms. The lowest BCUT2D eigenvalue weighted by Crippen LogP contribution is -2.42. The van der Waals surface area contributed by atoms with Crippen molar-refractivity contribution in [3.8, 4) is 0 Å². The Morgan fingerprint density at radius 2 is 2.10 bits per heavy atom. The number of aliphatic imine (C=N–C) groups is 1. The van der Waals surface area contributed by atoms with Gasteiger partial charge in [0, 0.05) is 25.7 Å². The molecule has 0 aromatic heterocycles. The number of hydrogen-bond donors (Lipinski definition) is 2. The Morgan fingerprint density at radius 3 is 2.62 bits per heavy atom. The molecule has 0 saturated carbocycles. The van der Waals surface area contributed by atoms with Gasteiger partial charge in [0.25, 0.3) is 0 Å². The maximum Gasteiger partial charge on any atom is 0.191 e. The Morgan fingerprint density at radius 1 is 1.33 bits per heavy atom. The topological polar surface area (TPSA) is 48.9 Å². The van der Waals surface area contributed by atoms with Gasteiger partial charge in [-0.15, -0.1) is 0 Å². The Kier molecular flexibility index (Phi) is 8.69. The zero-order valence-corrected chi connectivity index (χ0v) is 14.5. The van der Waals surface area contributed by atoms with Crippen LogP contribution in [0.2, 0.25) is 0 Å². The largest absolute Gasteiger partial charge is 0.376 e. The molecule has 0 aromatic carbocycles. The Hall–Kier alpha value is -0.810. The van der Waals surface area contributed by atoms with E-state index in [2.05, 4.69) is 50.4 Å². The highest BCUT2D eigenvalue weighted by Gasteiger charge is 2.16. The van der Waals surface area contributed by atoms with Crippen molar-refractivity contribution in [2.24, 2.45) is 10.9 Å². The van der Waals surface area contributed by atoms with Crippen LogP contribution in [0.5, 0.6) is 0 Å². The summed E-state index contributed by atoms with van der Waals surface area (Å²) >= 11 is 0. The maximum absolute atomic E-state index is 5.64. The van der Waals surface area contributed by atoms with Crippen molar-refractivity contribution in [2.45, 2.75) is 52.2 Å². The SMILES string of the molecule is CCNC(=NCC(CC(C)C)N(C)C)NCC1CCCO1. The monoisotopic (exact) mass is 298 g/mol. The molecule has 5 heteroatoms. The molecule has 124 valence electrons. The lowest BCUT2D eigenvalue weighted by molar-refractivity contribution is 0.113. The second-order valence-electron chi connectivity index (χ2n) is 6.48. The molecule has 2 atom stereocenters. The van der Waals surface area contributed by atoms with E-state index >= 15 is 0 Å². The fourth-order valence-electron chi connectivity index (χ4n) is 2.55. The third kappa shape index (κ3) is 7.67. The summed E-state index contributed by atoms with van der Waals surface area (Å²) in [6.07, 6.45) is 3.84. The lowest BCUT2D eigenvalue weighted by Gasteiger charge is -2.25. The molecule has 1 heterocycles. The van der Waals surface area contributed by atoms with Crippen LogP contribution in [0.3, 0.4) is 0 Å². The molecule has 0 aliphatic carbocycles. The second-order valence-corrected chi connectivity index (χ2v) is 6.48. The Bertz CT molecular complexity index is 299. The van der Waals surface area contributed by atoms with Crippen LogP contribution in [0.15, 0.2) is 4.99 Å². The summed E-state index contributed by atoms with van der Waals surface area (Å²) < 4.78 is 5.64. The normalized spacial score (nSPS) is 21.1. The van der Waals surface area contributed by atoms with E-state index in [0.717, 1.165) is 38.6 Å². The van der Waals surface area contributed by atoms with Crippen molar-refractivity contribution in [2.75, 3.05) is 40.3 Å². The van der Waals surface area contributed by atoms with Gasteiger partial charge in [-0.05, 0) is 46.2 Å². The number of hydrogen-bond acceptors (Lipinski definition) is 3. The zero-order chi connectivity index (χ0) is 15.7. The quantitative estimate of drug-likeness (QED) is 0.529. The van der Waals surface area contributed by atoms with E-state index in [4.69, 9.17) is 9.73 Å². The third-order valence-electron chi connectivity index (χ3n) is 3.80. The zero-order valence-electron chi connectivity index (χ0n) is 14.5. The summed E-state index contributed by atoms with van der Waals surface area (Å²) in [5, 5.41) is 6.72. The summed E-state index contributed by atoms with van der Waals surface area (Å²) in [4.78, 5) is 7.02. The summed E-state index contributed by atoms with van der Waals surface area (Å²) in [5.41, 5.74) is 0. The molecule has 0 aromatic rings. The first-order valence-electron chi connectivity index (χ1n) is 8.33. The molecule has 21 heavy (non-hydrogen) atoms. The molecular weight excluding hydrogens is 264 g/mol. The van der Waals surface area contributed by atoms with Crippen molar-refractivity contribution in [3.63, 3.8) is 0 Å². The minimum absolute atomic E-state index is 0.342. The number of rotatable bonds is 8. The van der Waals surface area contributed by atoms with Crippen LogP contribution in [0.25, 0.3) is 0 Å². The molecule has 0 radical (unpaired) electrons. The van der Waals surface area contributed by atoms with Crippen molar-refractivity contribution >= 4 is 5.96 Å². The molecular formula is C16H34N4O. The summed E-state index contributed by atoms with van der Waals surface area (Å²) in [7, 11) is 4.27. The minimum Gasteiger partial charge on any atom is -0.376 e. The van der Waals surface area contributed by atoms with Crippen LogP contribution in [0.1, 0.15) is 40.0 Å². The smallest absolute Gasteiger partial charge is 0.191 e. The number of guanidine groups is 1. The van der Waals surface area contributed by atoms with Crippen LogP contribution in [-0.4, -0.2) is 63.3 Å². The Labute approximate surface area is 130 Å². The molecule has 1 fully saturated rings. The van der Waals surface area contributed by atoms with E-state index in [-0.39, 0.29) is 0 Å². The fourth-order valence-corrected chi connectivity index (χ4v) is 2.55. The first-order valence-corrected chi connectivity index (χ1v) is 8.33. The van der Waals surface area contributed by atoms with Gasteiger partial charge in [0.2, 0.25) is 0 Å². The number of nitrogens with zero attached hydrogens (tertiary/aromatic N) is 2. The maximum atomic E-state index is 5.64. The standard InChI is InChI=1S/C16H34N4O/c1-6-17-16(19-12-15-8-7-9-21-15)18-11-14(20(4)5)10-13(2)3/h13-15H,6-12H2,1-5H3,(H2,17,18,19). The van der Waals surface area contributed by atoms with Gasteiger partial charge in [0.05, 0.1) is 12.6 Å². The molecule has 1 aliphatic heterocycles. The molecule has 1 rings (SSSR count). The van der Waals surface area contributed by atoms with Gasteiger partial charge in [-0.3, -0.25) is 4.99 Å². The van der Waals surface area contributed by atoms with Gasteiger partial charge in [-0.2, -0.15) is 0 Å². The van der Waals surface area contributed by atoms with Gasteiger partial charge >= 0.3 is 0 Å². The van der Waals surface area contributed by atoms with E-state index in [0.29, 0.717) is 18.1 Å². The molecule has 5 nitrogen and oxygen atoms in total. The highest BCUT2D eigenvalue weighted by Crippen LogP contribution is 2.11. The molecule has 0 spiro atoms. The Balaban J connectivity index is 2.47. The van der Waals surface area contributed by atoms with Gasteiger partial charge in [0.15, 0.2) is 5.96 Å². The number of ether oxygens (including phenoxy) is 1. The van der Waals surface area contributed by atoms with E-state index in [1.807, 2.05) is 0 Å². The van der Waals surface area contributed by atoms with Gasteiger partial charge in [-0.1, -0.05) is 13.8 Å². The second kappa shape index (κ2) is 10.0. The predicted molar refractivity (Wildman–Crippen MR) is 89.9 cm³/mol. The lowest BCUT2D eigenvalue weighted by atomic mass is 10.0. The van der Waals surface area contributed by atoms with E-state index in [1.54, 1.807) is 0 Å². The van der Waals surface area contributed by atoms with Crippen LogP contribution in [-0.2, 0) is 4.74 Å². The van der Waals surface area contributed by atoms with Crippen molar-refractivity contribution in [3.05, 3.63) is 0 Å². The number of likely N-dealkylation sites (N-methyl/N-ethyl adjacent to an activating group) is 1. The van der Waals surface area contributed by atoms with Gasteiger partial charge in [0.1, 0.15) is 0 Å². The average molecular weight is 298 g/mol. The molecule has 2 unspecified atom stereocenters. The third-order valence-corrected chi connectivity index (χ3v) is 3.80. The van der Waals surface area contributed by atoms with Crippen LogP contribution >= 0.6 is 0 Å². The minimum atomic E-state index is 0.342. The van der Waals surface area contributed by atoms with E-state index in [9.17, 15) is 0 Å². The van der Waals surface area contributed by atoms with Crippen molar-refractivity contribution < 1.29 is 4.74 Å².